The zero-order valence-electron chi connectivity index (χ0n) is 16.0. The molecule has 0 amide bonds. The molecule has 6 nitrogen and oxygen atoms in total. The highest BCUT2D eigenvalue weighted by molar-refractivity contribution is 7.45. The Kier molecular flexibility index (Phi) is 13.2. The molecular weight excluding hydrogens is 327 g/mol. The zero-order chi connectivity index (χ0) is 18.4. The van der Waals surface area contributed by atoms with Crippen molar-refractivity contribution < 1.29 is 23.1 Å². The number of imidazole rings is 1. The van der Waals surface area contributed by atoms with Crippen molar-refractivity contribution in [3.8, 4) is 0 Å². The molecule has 0 aromatic carbocycles. The second-order valence-corrected chi connectivity index (χ2v) is 6.93. The lowest BCUT2D eigenvalue weighted by molar-refractivity contribution is -0.702. The van der Waals surface area contributed by atoms with Gasteiger partial charge >= 0.3 is 0 Å². The van der Waals surface area contributed by atoms with Gasteiger partial charge in [0.1, 0.15) is 12.4 Å². The number of nitrogens with zero attached hydrogens (tertiary/aromatic N) is 2. The van der Waals surface area contributed by atoms with Crippen LogP contribution in [0.25, 0.3) is 0 Å². The van der Waals surface area contributed by atoms with E-state index in [0.717, 1.165) is 6.54 Å². The van der Waals surface area contributed by atoms with Gasteiger partial charge in [-0.05, 0) is 33.6 Å². The third-order valence-electron chi connectivity index (χ3n) is 3.68. The van der Waals surface area contributed by atoms with Gasteiger partial charge in [0.25, 0.3) is 13.6 Å². The molecule has 1 rings (SSSR count). The van der Waals surface area contributed by atoms with E-state index in [0.29, 0.717) is 0 Å². The van der Waals surface area contributed by atoms with Crippen LogP contribution in [0.2, 0.25) is 0 Å². The van der Waals surface area contributed by atoms with Crippen molar-refractivity contribution in [1.29, 1.82) is 0 Å². The van der Waals surface area contributed by atoms with Crippen LogP contribution >= 0.6 is 7.82 Å². The summed E-state index contributed by atoms with van der Waals surface area (Å²) >= 11 is 0. The Hall–Kier alpha value is -0.680. The number of rotatable bonds is 11. The number of phosphoric acid groups is 1. The number of hydrogen-bond donors (Lipinski definition) is 0. The van der Waals surface area contributed by atoms with Crippen LogP contribution in [0.1, 0.15) is 65.6 Å². The highest BCUT2D eigenvalue weighted by Gasteiger charge is 2.09. The first-order valence-electron chi connectivity index (χ1n) is 9.07. The van der Waals surface area contributed by atoms with Crippen molar-refractivity contribution in [3.05, 3.63) is 18.2 Å². The Morgan fingerprint density at radius 2 is 1.67 bits per heavy atom. The van der Waals surface area contributed by atoms with Crippen molar-refractivity contribution in [1.82, 2.24) is 4.57 Å². The van der Waals surface area contributed by atoms with Gasteiger partial charge in [-0.15, -0.1) is 0 Å². The molecule has 0 unspecified atom stereocenters. The van der Waals surface area contributed by atoms with Crippen LogP contribution in [0.4, 0.5) is 0 Å². The van der Waals surface area contributed by atoms with E-state index in [1.807, 2.05) is 0 Å². The molecule has 0 atom stereocenters. The molecule has 7 heteroatoms. The van der Waals surface area contributed by atoms with Crippen molar-refractivity contribution >= 4 is 7.82 Å². The fourth-order valence-corrected chi connectivity index (χ4v) is 3.06. The fraction of sp³-hybridized carbons (Fsp3) is 0.824. The van der Waals surface area contributed by atoms with Gasteiger partial charge in [0.2, 0.25) is 0 Å². The van der Waals surface area contributed by atoms with Gasteiger partial charge in [-0.2, -0.15) is 0 Å². The minimum atomic E-state index is -3.94. The molecule has 0 aliphatic carbocycles. The third-order valence-corrected chi connectivity index (χ3v) is 4.82. The lowest BCUT2D eigenvalue weighted by Crippen LogP contribution is -2.35. The number of phosphoric ester groups is 1. The van der Waals surface area contributed by atoms with Gasteiger partial charge in [-0.3, -0.25) is 4.57 Å². The molecule has 0 fully saturated rings. The highest BCUT2D eigenvalue weighted by Crippen LogP contribution is 2.37. The quantitative estimate of drug-likeness (QED) is 0.343. The minimum absolute atomic E-state index is 0.126. The highest BCUT2D eigenvalue weighted by atomic mass is 31.2. The first-order valence-corrected chi connectivity index (χ1v) is 10.5. The summed E-state index contributed by atoms with van der Waals surface area (Å²) in [5.41, 5.74) is 0. The minimum Gasteiger partial charge on any atom is -0.756 e. The first-order chi connectivity index (χ1) is 11.4. The van der Waals surface area contributed by atoms with Crippen LogP contribution in [0.5, 0.6) is 0 Å². The third kappa shape index (κ3) is 10.2. The summed E-state index contributed by atoms with van der Waals surface area (Å²) in [6.45, 7) is 12.3. The molecule has 0 aliphatic heterocycles. The average molecular weight is 362 g/mol. The van der Waals surface area contributed by atoms with Crippen LogP contribution in [0.3, 0.4) is 0 Å². The van der Waals surface area contributed by atoms with Crippen molar-refractivity contribution in [2.24, 2.45) is 0 Å². The van der Waals surface area contributed by atoms with Gasteiger partial charge < -0.3 is 13.9 Å². The largest absolute Gasteiger partial charge is 0.756 e. The Morgan fingerprint density at radius 3 is 2.12 bits per heavy atom. The Balaban J connectivity index is 0.000000506. The molecule has 142 valence electrons. The summed E-state index contributed by atoms with van der Waals surface area (Å²) in [5, 5.41) is 0. The smallest absolute Gasteiger partial charge is 0.267 e. The molecular formula is C17H35N2O4P. The maximum absolute atomic E-state index is 10.4. The van der Waals surface area contributed by atoms with Crippen molar-refractivity contribution in [2.45, 2.75) is 79.8 Å². The van der Waals surface area contributed by atoms with Crippen LogP contribution in [0, 0.1) is 6.92 Å². The number of unbranched alkanes of at least 4 members (excludes halogenated alkanes) is 4. The van der Waals surface area contributed by atoms with Crippen molar-refractivity contribution in [3.63, 3.8) is 0 Å². The molecule has 1 aromatic rings. The van der Waals surface area contributed by atoms with Crippen LogP contribution in [0.15, 0.2) is 12.4 Å². The Morgan fingerprint density at radius 1 is 1.08 bits per heavy atom. The molecule has 1 heterocycles. The Labute approximate surface area is 147 Å². The maximum Gasteiger partial charge on any atom is 0.267 e. The van der Waals surface area contributed by atoms with Crippen molar-refractivity contribution in [2.75, 3.05) is 13.2 Å². The predicted molar refractivity (Wildman–Crippen MR) is 94.7 cm³/mol. The molecule has 0 aliphatic rings. The lowest BCUT2D eigenvalue weighted by atomic mass is 10.1. The molecule has 1 aromatic heterocycles. The first kappa shape index (κ1) is 23.3. The fourth-order valence-electron chi connectivity index (χ4n) is 2.35. The molecule has 0 saturated carbocycles. The van der Waals surface area contributed by atoms with Crippen LogP contribution in [-0.4, -0.2) is 17.8 Å². The van der Waals surface area contributed by atoms with Gasteiger partial charge in [0.15, 0.2) is 0 Å². The maximum atomic E-state index is 10.4. The van der Waals surface area contributed by atoms with E-state index < -0.39 is 7.82 Å². The predicted octanol–water partition coefficient (Wildman–Crippen LogP) is 3.60. The summed E-state index contributed by atoms with van der Waals surface area (Å²) < 4.78 is 23.6. The molecule has 0 bridgehead atoms. The summed E-state index contributed by atoms with van der Waals surface area (Å²) in [6.07, 6.45) is 11.2. The summed E-state index contributed by atoms with van der Waals surface area (Å²) in [5.74, 6) is 1.38. The molecule has 0 saturated heterocycles. The summed E-state index contributed by atoms with van der Waals surface area (Å²) in [4.78, 5) is 10.4. The second kappa shape index (κ2) is 13.6. The molecule has 0 spiro atoms. The lowest BCUT2D eigenvalue weighted by Gasteiger charge is -2.20. The van der Waals surface area contributed by atoms with Gasteiger partial charge in [0, 0.05) is 6.92 Å². The second-order valence-electron chi connectivity index (χ2n) is 5.52. The molecule has 0 radical (unpaired) electrons. The number of aryl methyl sites for hydroxylation is 2. The van der Waals surface area contributed by atoms with E-state index in [9.17, 15) is 9.46 Å². The van der Waals surface area contributed by atoms with Gasteiger partial charge in [-0.25, -0.2) is 9.13 Å². The standard InChI is InChI=1S/C13H25N2.C4H11O4P/c1-4-6-7-8-9-10-15-12-11-14(5-2)13(15)3;1-3-7-9(5,6)8-4-2/h11-12H,4-10H2,1-3H3;3-4H2,1-2H3,(H,5,6)/q+1;/p-1. The monoisotopic (exact) mass is 362 g/mol. The van der Waals surface area contributed by atoms with E-state index >= 15 is 0 Å². The Bertz CT molecular complexity index is 467. The van der Waals surface area contributed by atoms with E-state index in [1.165, 1.54) is 44.5 Å². The molecule has 0 N–H and O–H groups in total. The van der Waals surface area contributed by atoms with Crippen LogP contribution in [-0.2, 0) is 26.7 Å². The topological polar surface area (TPSA) is 67.4 Å². The van der Waals surface area contributed by atoms with E-state index in [2.05, 4.69) is 51.3 Å². The SMILES string of the molecule is CCCCCCC[n+]1ccn(CC)c1C.CCOP(=O)([O-])OCC. The van der Waals surface area contributed by atoms with Gasteiger partial charge in [0.05, 0.1) is 26.3 Å². The summed E-state index contributed by atoms with van der Waals surface area (Å²) in [7, 11) is -3.94. The normalized spacial score (nSPS) is 11.2. The average Bonchev–Trinajstić information content (AvgIpc) is 2.88. The number of hydrogen-bond acceptors (Lipinski definition) is 4. The zero-order valence-corrected chi connectivity index (χ0v) is 16.9. The molecule has 24 heavy (non-hydrogen) atoms. The van der Waals surface area contributed by atoms with Gasteiger partial charge in [-0.1, -0.05) is 26.2 Å². The van der Waals surface area contributed by atoms with E-state index in [4.69, 9.17) is 0 Å². The summed E-state index contributed by atoms with van der Waals surface area (Å²) in [6, 6.07) is 0. The van der Waals surface area contributed by atoms with Crippen LogP contribution < -0.4 is 9.46 Å². The number of aromatic nitrogens is 2. The van der Waals surface area contributed by atoms with E-state index in [1.54, 1.807) is 13.8 Å². The van der Waals surface area contributed by atoms with E-state index in [-0.39, 0.29) is 13.2 Å².